The van der Waals surface area contributed by atoms with Crippen LogP contribution < -0.4 is 9.80 Å². The van der Waals surface area contributed by atoms with Gasteiger partial charge in [0.2, 0.25) is 0 Å². The number of carbonyl (C=O) groups is 2. The Morgan fingerprint density at radius 2 is 1.38 bits per heavy atom. The number of hydrogen-bond donors (Lipinski definition) is 0. The van der Waals surface area contributed by atoms with E-state index in [0.717, 1.165) is 16.7 Å². The van der Waals surface area contributed by atoms with Gasteiger partial charge in [-0.2, -0.15) is 0 Å². The van der Waals surface area contributed by atoms with E-state index in [4.69, 9.17) is 0 Å². The molecule has 6 rings (SSSR count). The first-order valence-corrected chi connectivity index (χ1v) is 12.9. The topological polar surface area (TPSA) is 83.8 Å². The first-order chi connectivity index (χ1) is 19.3. The van der Waals surface area contributed by atoms with Gasteiger partial charge < -0.3 is 0 Å². The second-order valence-electron chi connectivity index (χ2n) is 9.97. The van der Waals surface area contributed by atoms with Crippen molar-refractivity contribution in [1.82, 2.24) is 0 Å². The molecule has 0 radical (unpaired) electrons. The van der Waals surface area contributed by atoms with Gasteiger partial charge in [0.05, 0.1) is 11.0 Å². The highest BCUT2D eigenvalue weighted by Gasteiger charge is 2.52. The smallest absolute Gasteiger partial charge is 0.276 e. The average Bonchev–Trinajstić information content (AvgIpc) is 3.41. The van der Waals surface area contributed by atoms with Crippen LogP contribution in [-0.2, 0) is 9.59 Å². The van der Waals surface area contributed by atoms with E-state index in [9.17, 15) is 19.7 Å². The van der Waals surface area contributed by atoms with Crippen molar-refractivity contribution in [2.75, 3.05) is 9.80 Å². The average molecular weight is 528 g/mol. The molecule has 2 heterocycles. The first-order valence-electron chi connectivity index (χ1n) is 12.9. The van der Waals surface area contributed by atoms with Crippen LogP contribution in [0.15, 0.2) is 120 Å². The molecule has 0 aliphatic carbocycles. The number of amides is 2. The van der Waals surface area contributed by atoms with Gasteiger partial charge in [-0.3, -0.25) is 29.5 Å². The van der Waals surface area contributed by atoms with E-state index in [2.05, 4.69) is 0 Å². The number of nitro benzene ring substituents is 1. The Morgan fingerprint density at radius 1 is 0.750 bits per heavy atom. The van der Waals surface area contributed by atoms with Gasteiger partial charge in [0.25, 0.3) is 17.5 Å². The molecule has 2 aliphatic heterocycles. The molecule has 0 spiro atoms. The normalized spacial score (nSPS) is 17.6. The molecule has 2 aliphatic rings. The molecule has 7 heteroatoms. The monoisotopic (exact) mass is 527 g/mol. The fraction of sp³-hybridized carbons (Fsp3) is 0.0909. The van der Waals surface area contributed by atoms with Crippen LogP contribution in [-0.4, -0.2) is 16.7 Å². The van der Waals surface area contributed by atoms with Gasteiger partial charge in [0.15, 0.2) is 0 Å². The van der Waals surface area contributed by atoms with E-state index >= 15 is 0 Å². The van der Waals surface area contributed by atoms with Gasteiger partial charge in [-0.05, 0) is 55.3 Å². The number of nitro groups is 1. The van der Waals surface area contributed by atoms with Crippen LogP contribution in [0.2, 0.25) is 0 Å². The fourth-order valence-corrected chi connectivity index (χ4v) is 5.33. The molecule has 0 bridgehead atoms. The number of aryl methyl sites for hydroxylation is 2. The van der Waals surface area contributed by atoms with E-state index in [1.165, 1.54) is 17.0 Å². The molecule has 40 heavy (non-hydrogen) atoms. The van der Waals surface area contributed by atoms with Crippen molar-refractivity contribution in [3.8, 4) is 0 Å². The summed E-state index contributed by atoms with van der Waals surface area (Å²) >= 11 is 0. The molecule has 0 saturated carbocycles. The van der Waals surface area contributed by atoms with E-state index in [1.54, 1.807) is 23.1 Å². The van der Waals surface area contributed by atoms with Gasteiger partial charge in [-0.1, -0.05) is 77.9 Å². The minimum Gasteiger partial charge on any atom is -0.295 e. The number of rotatable bonds is 5. The van der Waals surface area contributed by atoms with Crippen molar-refractivity contribution >= 4 is 35.0 Å². The maximum absolute atomic E-state index is 14.4. The van der Waals surface area contributed by atoms with E-state index < -0.39 is 11.0 Å². The quantitative estimate of drug-likeness (QED) is 0.165. The molecule has 1 atom stereocenters. The second-order valence-corrected chi connectivity index (χ2v) is 9.97. The third kappa shape index (κ3) is 4.18. The Kier molecular flexibility index (Phi) is 6.11. The van der Waals surface area contributed by atoms with Crippen molar-refractivity contribution in [3.63, 3.8) is 0 Å². The Hall–Kier alpha value is -5.30. The predicted octanol–water partition coefficient (Wildman–Crippen LogP) is 6.68. The van der Waals surface area contributed by atoms with Gasteiger partial charge in [-0.15, -0.1) is 0 Å². The Morgan fingerprint density at radius 3 is 2.00 bits per heavy atom. The highest BCUT2D eigenvalue weighted by atomic mass is 16.6. The summed E-state index contributed by atoms with van der Waals surface area (Å²) in [4.78, 5) is 42.7. The van der Waals surface area contributed by atoms with Crippen LogP contribution in [0.5, 0.6) is 0 Å². The van der Waals surface area contributed by atoms with Crippen LogP contribution in [0, 0.1) is 24.0 Å². The largest absolute Gasteiger partial charge is 0.295 e. The highest BCUT2D eigenvalue weighted by molar-refractivity contribution is 6.29. The number of carbonyl (C=O) groups excluding carboxylic acids is 2. The van der Waals surface area contributed by atoms with Gasteiger partial charge >= 0.3 is 0 Å². The SMILES string of the molecule is Cc1ccc(N2C(=O)C(=Cc3cccc([N+](=O)[O-])c3)C3=C2C(=O)N(c2ccc(C)cc2)C3c2ccccc2)cc1. The summed E-state index contributed by atoms with van der Waals surface area (Å²) in [5, 5.41) is 11.5. The minimum absolute atomic E-state index is 0.0761. The predicted molar refractivity (Wildman–Crippen MR) is 155 cm³/mol. The van der Waals surface area contributed by atoms with Crippen LogP contribution >= 0.6 is 0 Å². The molecule has 196 valence electrons. The second kappa shape index (κ2) is 9.78. The Balaban J connectivity index is 1.60. The molecular formula is C33H25N3O4. The van der Waals surface area contributed by atoms with Crippen molar-refractivity contribution in [2.24, 2.45) is 0 Å². The molecule has 0 saturated heterocycles. The lowest BCUT2D eigenvalue weighted by atomic mass is 9.93. The molecule has 1 unspecified atom stereocenters. The molecule has 4 aromatic carbocycles. The number of non-ortho nitro benzene ring substituents is 1. The van der Waals surface area contributed by atoms with Crippen molar-refractivity contribution in [2.45, 2.75) is 19.9 Å². The number of hydrogen-bond acceptors (Lipinski definition) is 4. The summed E-state index contributed by atoms with van der Waals surface area (Å²) in [7, 11) is 0. The van der Waals surface area contributed by atoms with E-state index in [0.29, 0.717) is 33.8 Å². The van der Waals surface area contributed by atoms with Crippen LogP contribution in [0.1, 0.15) is 28.3 Å². The zero-order valence-corrected chi connectivity index (χ0v) is 21.9. The Labute approximate surface area is 231 Å². The van der Waals surface area contributed by atoms with Crippen molar-refractivity contribution in [3.05, 3.63) is 152 Å². The standard InChI is InChI=1S/C33H25N3O4/c1-21-11-15-25(16-12-21)34-30(24-8-4-3-5-9-24)29-28(20-23-7-6-10-27(19-23)36(39)40)32(37)35(31(29)33(34)38)26-17-13-22(2)14-18-26/h3-20,30H,1-2H3. The number of nitrogens with zero attached hydrogens (tertiary/aromatic N) is 3. The number of anilines is 2. The van der Waals surface area contributed by atoms with Crippen LogP contribution in [0.4, 0.5) is 17.1 Å². The van der Waals surface area contributed by atoms with Crippen molar-refractivity contribution in [1.29, 1.82) is 0 Å². The lowest BCUT2D eigenvalue weighted by Gasteiger charge is -2.30. The maximum atomic E-state index is 14.4. The van der Waals surface area contributed by atoms with E-state index in [1.807, 2.05) is 92.7 Å². The highest BCUT2D eigenvalue weighted by Crippen LogP contribution is 2.50. The van der Waals surface area contributed by atoms with Gasteiger partial charge in [0, 0.05) is 34.7 Å². The summed E-state index contributed by atoms with van der Waals surface area (Å²) in [5.74, 6) is -0.637. The summed E-state index contributed by atoms with van der Waals surface area (Å²) in [6.07, 6.45) is 1.65. The van der Waals surface area contributed by atoms with E-state index in [-0.39, 0.29) is 17.5 Å². The summed E-state index contributed by atoms with van der Waals surface area (Å²) in [6.45, 7) is 3.94. The minimum atomic E-state index is -0.573. The Bertz CT molecular complexity index is 1720. The zero-order valence-electron chi connectivity index (χ0n) is 21.9. The molecule has 7 nitrogen and oxygen atoms in total. The van der Waals surface area contributed by atoms with Crippen LogP contribution in [0.25, 0.3) is 6.08 Å². The third-order valence-corrected chi connectivity index (χ3v) is 7.27. The first kappa shape index (κ1) is 25.0. The van der Waals surface area contributed by atoms with Gasteiger partial charge in [0.1, 0.15) is 5.70 Å². The fourth-order valence-electron chi connectivity index (χ4n) is 5.33. The summed E-state index contributed by atoms with van der Waals surface area (Å²) in [5.41, 5.74) is 5.86. The number of benzene rings is 4. The molecule has 0 aromatic heterocycles. The summed E-state index contributed by atoms with van der Waals surface area (Å²) in [6, 6.07) is 30.4. The summed E-state index contributed by atoms with van der Waals surface area (Å²) < 4.78 is 0. The molecular weight excluding hydrogens is 502 g/mol. The van der Waals surface area contributed by atoms with Crippen molar-refractivity contribution < 1.29 is 14.5 Å². The molecule has 0 N–H and O–H groups in total. The van der Waals surface area contributed by atoms with Crippen LogP contribution in [0.3, 0.4) is 0 Å². The maximum Gasteiger partial charge on any atom is 0.276 e. The lowest BCUT2D eigenvalue weighted by Crippen LogP contribution is -2.38. The van der Waals surface area contributed by atoms with Gasteiger partial charge in [-0.25, -0.2) is 0 Å². The molecule has 4 aromatic rings. The molecule has 0 fully saturated rings. The molecule has 2 amide bonds. The lowest BCUT2D eigenvalue weighted by molar-refractivity contribution is -0.384. The third-order valence-electron chi connectivity index (χ3n) is 7.27. The zero-order chi connectivity index (χ0) is 28.0.